The lowest BCUT2D eigenvalue weighted by Crippen LogP contribution is -2.39. The number of nitrogens with one attached hydrogen (secondary N) is 1. The van der Waals surface area contributed by atoms with Gasteiger partial charge in [-0.15, -0.1) is 0 Å². The molecule has 0 spiro atoms. The number of amides is 1. The number of hydrogen-bond donors (Lipinski definition) is 1. The zero-order chi connectivity index (χ0) is 22.5. The molecule has 1 saturated heterocycles. The van der Waals surface area contributed by atoms with Crippen molar-refractivity contribution in [3.05, 3.63) is 52.7 Å². The number of aromatic nitrogens is 1. The molecule has 1 aliphatic heterocycles. The first-order valence-electron chi connectivity index (χ1n) is 10.9. The highest BCUT2D eigenvalue weighted by Crippen LogP contribution is 2.27. The first-order valence-corrected chi connectivity index (χ1v) is 11.3. The van der Waals surface area contributed by atoms with Crippen molar-refractivity contribution in [3.63, 3.8) is 0 Å². The number of pyridine rings is 1. The van der Waals surface area contributed by atoms with Gasteiger partial charge in [-0.3, -0.25) is 9.59 Å². The third-order valence-electron chi connectivity index (χ3n) is 6.03. The maximum atomic E-state index is 12.6. The van der Waals surface area contributed by atoms with Crippen LogP contribution in [0.15, 0.2) is 36.5 Å². The zero-order valence-electron chi connectivity index (χ0n) is 17.7. The second-order valence-electron chi connectivity index (χ2n) is 8.25. The third-order valence-corrected chi connectivity index (χ3v) is 6.34. The summed E-state index contributed by atoms with van der Waals surface area (Å²) < 4.78 is 6.01. The van der Waals surface area contributed by atoms with Crippen LogP contribution in [0.25, 0.3) is 0 Å². The number of piperidine rings is 1. The van der Waals surface area contributed by atoms with E-state index in [-0.39, 0.29) is 23.8 Å². The smallest absolute Gasteiger partial charge is 0.253 e. The maximum Gasteiger partial charge on any atom is 0.253 e. The van der Waals surface area contributed by atoms with E-state index < -0.39 is 0 Å². The molecule has 32 heavy (non-hydrogen) atoms. The molecule has 1 N–H and O–H groups in total. The topological polar surface area (TPSA) is 95.3 Å². The Bertz CT molecular complexity index is 1020. The molecule has 1 aromatic carbocycles. The summed E-state index contributed by atoms with van der Waals surface area (Å²) in [6.45, 7) is 1.36. The molecule has 166 valence electrons. The van der Waals surface area contributed by atoms with Crippen molar-refractivity contribution < 1.29 is 14.3 Å². The van der Waals surface area contributed by atoms with Gasteiger partial charge in [-0.05, 0) is 49.9 Å². The van der Waals surface area contributed by atoms with E-state index in [1.54, 1.807) is 30.5 Å². The van der Waals surface area contributed by atoms with Gasteiger partial charge < -0.3 is 15.0 Å². The molecular formula is C24H25ClN4O3. The lowest BCUT2D eigenvalue weighted by molar-refractivity contribution is -0.119. The summed E-state index contributed by atoms with van der Waals surface area (Å²) in [6.07, 6.45) is 6.07. The SMILES string of the molecule is N#Cc1ccc(OC2CCC(NC(=O)c3ccc(N4CCC(=O)CC4)nc3)CC2)cc1Cl. The molecule has 7 nitrogen and oxygen atoms in total. The van der Waals surface area contributed by atoms with Crippen molar-refractivity contribution in [1.82, 2.24) is 10.3 Å². The number of anilines is 1. The van der Waals surface area contributed by atoms with Crippen LogP contribution in [0, 0.1) is 11.3 Å². The average molecular weight is 453 g/mol. The van der Waals surface area contributed by atoms with Crippen LogP contribution in [-0.2, 0) is 4.79 Å². The first kappa shape index (κ1) is 22.1. The fraction of sp³-hybridized carbons (Fsp3) is 0.417. The van der Waals surface area contributed by atoms with Crippen molar-refractivity contribution in [3.8, 4) is 11.8 Å². The predicted molar refractivity (Wildman–Crippen MR) is 121 cm³/mol. The van der Waals surface area contributed by atoms with Gasteiger partial charge in [0.15, 0.2) is 0 Å². The third kappa shape index (κ3) is 5.38. The number of ketones is 1. The van der Waals surface area contributed by atoms with Crippen molar-refractivity contribution in [2.24, 2.45) is 0 Å². The second-order valence-corrected chi connectivity index (χ2v) is 8.66. The molecule has 0 bridgehead atoms. The first-order chi connectivity index (χ1) is 15.5. The lowest BCUT2D eigenvalue weighted by Gasteiger charge is -2.29. The van der Waals surface area contributed by atoms with Crippen LogP contribution < -0.4 is 15.0 Å². The lowest BCUT2D eigenvalue weighted by atomic mass is 9.92. The molecule has 2 fully saturated rings. The van der Waals surface area contributed by atoms with Gasteiger partial charge in [0.05, 0.1) is 22.3 Å². The van der Waals surface area contributed by atoms with Gasteiger partial charge in [-0.25, -0.2) is 4.98 Å². The number of Topliss-reactive ketones (excluding diaryl/α,β-unsaturated/α-hetero) is 1. The molecule has 0 unspecified atom stereocenters. The number of hydrogen-bond acceptors (Lipinski definition) is 6. The number of nitriles is 1. The van der Waals surface area contributed by atoms with Gasteiger partial charge in [-0.2, -0.15) is 5.26 Å². The Balaban J connectivity index is 1.25. The summed E-state index contributed by atoms with van der Waals surface area (Å²) in [5, 5.41) is 12.5. The highest BCUT2D eigenvalue weighted by atomic mass is 35.5. The van der Waals surface area contributed by atoms with Gasteiger partial charge in [0.25, 0.3) is 5.91 Å². The summed E-state index contributed by atoms with van der Waals surface area (Å²) in [7, 11) is 0. The molecule has 1 saturated carbocycles. The van der Waals surface area contributed by atoms with E-state index >= 15 is 0 Å². The van der Waals surface area contributed by atoms with Crippen LogP contribution >= 0.6 is 11.6 Å². The van der Waals surface area contributed by atoms with Crippen LogP contribution in [0.1, 0.15) is 54.4 Å². The predicted octanol–water partition coefficient (Wildman–Crippen LogP) is 3.90. The van der Waals surface area contributed by atoms with E-state index in [0.29, 0.717) is 47.8 Å². The molecule has 1 amide bonds. The number of ether oxygens (including phenoxy) is 1. The van der Waals surface area contributed by atoms with Crippen LogP contribution in [0.4, 0.5) is 5.82 Å². The fourth-order valence-electron chi connectivity index (χ4n) is 4.14. The van der Waals surface area contributed by atoms with Gasteiger partial charge >= 0.3 is 0 Å². The quantitative estimate of drug-likeness (QED) is 0.739. The van der Waals surface area contributed by atoms with E-state index in [0.717, 1.165) is 31.5 Å². The van der Waals surface area contributed by atoms with Crippen molar-refractivity contribution in [2.45, 2.75) is 50.7 Å². The average Bonchev–Trinajstić information content (AvgIpc) is 2.81. The molecule has 0 radical (unpaired) electrons. The van der Waals surface area contributed by atoms with Crippen molar-refractivity contribution in [1.29, 1.82) is 5.26 Å². The molecule has 4 rings (SSSR count). The van der Waals surface area contributed by atoms with E-state index in [9.17, 15) is 9.59 Å². The fourth-order valence-corrected chi connectivity index (χ4v) is 4.35. The molecular weight excluding hydrogens is 428 g/mol. The number of benzene rings is 1. The second kappa shape index (κ2) is 10.0. The van der Waals surface area contributed by atoms with Gasteiger partial charge in [0.2, 0.25) is 0 Å². The molecule has 1 aliphatic carbocycles. The number of carbonyl (C=O) groups excluding carboxylic acids is 2. The molecule has 2 aliphatic rings. The van der Waals surface area contributed by atoms with E-state index in [4.69, 9.17) is 21.6 Å². The Labute approximate surface area is 192 Å². The minimum absolute atomic E-state index is 0.0597. The van der Waals surface area contributed by atoms with E-state index in [2.05, 4.69) is 15.2 Å². The van der Waals surface area contributed by atoms with Crippen LogP contribution in [0.3, 0.4) is 0 Å². The van der Waals surface area contributed by atoms with Gasteiger partial charge in [0.1, 0.15) is 23.4 Å². The zero-order valence-corrected chi connectivity index (χ0v) is 18.5. The Morgan fingerprint density at radius 3 is 2.53 bits per heavy atom. The number of halogens is 1. The Kier molecular flexibility index (Phi) is 6.91. The minimum atomic E-state index is -0.124. The standard InChI is InChI=1S/C24H25ClN4O3/c25-22-13-21(5-1-16(22)14-26)32-20-6-3-18(4-7-20)28-24(31)17-2-8-23(27-15-17)29-11-9-19(30)10-12-29/h1-2,5,8,13,15,18,20H,3-4,6-7,9-12H2,(H,28,31). The summed E-state index contributed by atoms with van der Waals surface area (Å²) >= 11 is 6.07. The Morgan fingerprint density at radius 1 is 1.16 bits per heavy atom. The molecule has 0 atom stereocenters. The van der Waals surface area contributed by atoms with Crippen LogP contribution in [0.2, 0.25) is 5.02 Å². The van der Waals surface area contributed by atoms with Crippen LogP contribution in [0.5, 0.6) is 5.75 Å². The number of nitrogens with zero attached hydrogens (tertiary/aromatic N) is 3. The largest absolute Gasteiger partial charge is 0.490 e. The Morgan fingerprint density at radius 2 is 1.91 bits per heavy atom. The highest BCUT2D eigenvalue weighted by Gasteiger charge is 2.24. The minimum Gasteiger partial charge on any atom is -0.490 e. The van der Waals surface area contributed by atoms with E-state index in [1.807, 2.05) is 12.1 Å². The number of carbonyl (C=O) groups is 2. The monoisotopic (exact) mass is 452 g/mol. The number of rotatable bonds is 5. The molecule has 8 heteroatoms. The van der Waals surface area contributed by atoms with Gasteiger partial charge in [-0.1, -0.05) is 11.6 Å². The van der Waals surface area contributed by atoms with Crippen molar-refractivity contribution in [2.75, 3.05) is 18.0 Å². The van der Waals surface area contributed by atoms with Crippen LogP contribution in [-0.4, -0.2) is 41.9 Å². The van der Waals surface area contributed by atoms with Crippen molar-refractivity contribution >= 4 is 29.1 Å². The van der Waals surface area contributed by atoms with Gasteiger partial charge in [0, 0.05) is 44.2 Å². The summed E-state index contributed by atoms with van der Waals surface area (Å²) in [6, 6.07) is 10.9. The molecule has 1 aromatic heterocycles. The summed E-state index contributed by atoms with van der Waals surface area (Å²) in [5.41, 5.74) is 0.964. The molecule has 2 heterocycles. The summed E-state index contributed by atoms with van der Waals surface area (Å²) in [5.74, 6) is 1.62. The maximum absolute atomic E-state index is 12.6. The summed E-state index contributed by atoms with van der Waals surface area (Å²) in [4.78, 5) is 30.5. The Hall–Kier alpha value is -3.11. The molecule has 2 aromatic rings. The van der Waals surface area contributed by atoms with E-state index in [1.165, 1.54) is 0 Å². The highest BCUT2D eigenvalue weighted by molar-refractivity contribution is 6.31. The normalized spacial score (nSPS) is 21.0.